The van der Waals surface area contributed by atoms with Gasteiger partial charge in [0, 0.05) is 18.2 Å². The number of aromatic nitrogens is 2. The lowest BCUT2D eigenvalue weighted by Gasteiger charge is -2.25. The number of nitrogens with zero attached hydrogens (tertiary/aromatic N) is 2. The molecule has 31 heavy (non-hydrogen) atoms. The van der Waals surface area contributed by atoms with E-state index in [2.05, 4.69) is 21.4 Å². The van der Waals surface area contributed by atoms with Gasteiger partial charge in [-0.2, -0.15) is 0 Å². The van der Waals surface area contributed by atoms with Gasteiger partial charge in [-0.3, -0.25) is 9.78 Å². The number of hydrogen-bond acceptors (Lipinski definition) is 6. The minimum absolute atomic E-state index is 0.129. The number of benzene rings is 2. The number of hydrogen-bond donors (Lipinski definition) is 1. The van der Waals surface area contributed by atoms with Crippen LogP contribution in [0.3, 0.4) is 0 Å². The first kappa shape index (κ1) is 19.4. The topological polar surface area (TPSA) is 82.6 Å². The number of carbonyl (C=O) groups excluding carboxylic acids is 1. The summed E-state index contributed by atoms with van der Waals surface area (Å²) in [6.45, 7) is 4.48. The number of para-hydroxylation sites is 2. The van der Waals surface area contributed by atoms with Crippen LogP contribution in [0.5, 0.6) is 17.2 Å². The van der Waals surface area contributed by atoms with Crippen molar-refractivity contribution in [3.8, 4) is 28.5 Å². The molecule has 2 aliphatic rings. The van der Waals surface area contributed by atoms with E-state index in [4.69, 9.17) is 14.2 Å². The lowest BCUT2D eigenvalue weighted by molar-refractivity contribution is -0.130. The predicted molar refractivity (Wildman–Crippen MR) is 114 cm³/mol. The average Bonchev–Trinajstić information content (AvgIpc) is 3.21. The Labute approximate surface area is 180 Å². The van der Waals surface area contributed by atoms with E-state index >= 15 is 0 Å². The summed E-state index contributed by atoms with van der Waals surface area (Å²) in [6, 6.07) is 13.4. The minimum atomic E-state index is -0.673. The molecule has 158 valence electrons. The Morgan fingerprint density at radius 2 is 1.94 bits per heavy atom. The van der Waals surface area contributed by atoms with Crippen LogP contribution >= 0.6 is 0 Å². The molecule has 0 bridgehead atoms. The standard InChI is InChI=1S/C24H23N3O4/c1-14-11-25-15(2)23(27-14)16-7-8-19-17(9-16)10-18(30-19)12-26-24(28)22-13-29-20-5-3-4-6-21(20)31-22/h3-9,11,18,22H,10,12-13H2,1-2H3,(H,26,28)/t18-,22-/m1/s1. The molecule has 0 saturated heterocycles. The average molecular weight is 417 g/mol. The van der Waals surface area contributed by atoms with E-state index < -0.39 is 6.10 Å². The molecule has 7 nitrogen and oxygen atoms in total. The van der Waals surface area contributed by atoms with Gasteiger partial charge in [0.1, 0.15) is 18.5 Å². The summed E-state index contributed by atoms with van der Waals surface area (Å²) >= 11 is 0. The number of ether oxygens (including phenoxy) is 3. The Morgan fingerprint density at radius 1 is 1.10 bits per heavy atom. The van der Waals surface area contributed by atoms with Gasteiger partial charge in [-0.15, -0.1) is 0 Å². The molecule has 2 atom stereocenters. The molecule has 1 N–H and O–H groups in total. The first-order valence-corrected chi connectivity index (χ1v) is 10.3. The highest BCUT2D eigenvalue weighted by molar-refractivity contribution is 5.81. The molecule has 0 unspecified atom stereocenters. The molecule has 7 heteroatoms. The van der Waals surface area contributed by atoms with Gasteiger partial charge < -0.3 is 19.5 Å². The van der Waals surface area contributed by atoms with Crippen molar-refractivity contribution in [2.45, 2.75) is 32.5 Å². The Bertz CT molecular complexity index is 1150. The number of fused-ring (bicyclic) bond motifs is 2. The molecule has 1 amide bonds. The van der Waals surface area contributed by atoms with Crippen molar-refractivity contribution in [1.29, 1.82) is 0 Å². The van der Waals surface area contributed by atoms with Gasteiger partial charge >= 0.3 is 0 Å². The van der Waals surface area contributed by atoms with E-state index in [9.17, 15) is 4.79 Å². The Hall–Kier alpha value is -3.61. The third kappa shape index (κ3) is 3.91. The van der Waals surface area contributed by atoms with Crippen LogP contribution in [0.1, 0.15) is 17.0 Å². The summed E-state index contributed by atoms with van der Waals surface area (Å²) in [4.78, 5) is 21.6. The summed E-state index contributed by atoms with van der Waals surface area (Å²) < 4.78 is 17.4. The maximum Gasteiger partial charge on any atom is 0.264 e. The van der Waals surface area contributed by atoms with E-state index in [1.165, 1.54) is 0 Å². The largest absolute Gasteiger partial charge is 0.488 e. The molecule has 1 aromatic heterocycles. The van der Waals surface area contributed by atoms with Gasteiger partial charge in [0.25, 0.3) is 5.91 Å². The molecule has 0 radical (unpaired) electrons. The van der Waals surface area contributed by atoms with Gasteiger partial charge in [0.05, 0.1) is 23.6 Å². The fourth-order valence-corrected chi connectivity index (χ4v) is 3.87. The second kappa shape index (κ2) is 7.91. The van der Waals surface area contributed by atoms with E-state index in [1.54, 1.807) is 12.3 Å². The molecule has 3 heterocycles. The van der Waals surface area contributed by atoms with Crippen LogP contribution in [0.2, 0.25) is 0 Å². The van der Waals surface area contributed by atoms with Crippen molar-refractivity contribution in [1.82, 2.24) is 15.3 Å². The molecule has 5 rings (SSSR count). The van der Waals surface area contributed by atoms with Crippen LogP contribution in [0, 0.1) is 13.8 Å². The lowest BCUT2D eigenvalue weighted by Crippen LogP contribution is -2.46. The maximum atomic E-state index is 12.6. The molecule has 2 aromatic carbocycles. The minimum Gasteiger partial charge on any atom is -0.488 e. The van der Waals surface area contributed by atoms with E-state index in [-0.39, 0.29) is 18.6 Å². The monoisotopic (exact) mass is 417 g/mol. The second-order valence-corrected chi connectivity index (χ2v) is 7.82. The molecule has 2 aliphatic heterocycles. The number of carbonyl (C=O) groups is 1. The number of aryl methyl sites for hydroxylation is 2. The first-order chi connectivity index (χ1) is 15.1. The summed E-state index contributed by atoms with van der Waals surface area (Å²) in [5, 5.41) is 2.93. The second-order valence-electron chi connectivity index (χ2n) is 7.82. The number of rotatable bonds is 4. The van der Waals surface area contributed by atoms with Crippen molar-refractivity contribution in [3.05, 3.63) is 65.6 Å². The van der Waals surface area contributed by atoms with Crippen molar-refractivity contribution in [3.63, 3.8) is 0 Å². The maximum absolute atomic E-state index is 12.6. The SMILES string of the molecule is Cc1cnc(C)c(-c2ccc3c(c2)C[C@H](CNC(=O)[C@H]2COc4ccccc4O2)O3)n1. The van der Waals surface area contributed by atoms with Crippen LogP contribution in [-0.2, 0) is 11.2 Å². The smallest absolute Gasteiger partial charge is 0.264 e. The predicted octanol–water partition coefficient (Wildman–Crippen LogP) is 3.02. The highest BCUT2D eigenvalue weighted by atomic mass is 16.6. The van der Waals surface area contributed by atoms with Crippen LogP contribution in [-0.4, -0.2) is 41.2 Å². The van der Waals surface area contributed by atoms with E-state index in [0.29, 0.717) is 24.5 Å². The fraction of sp³-hybridized carbons (Fsp3) is 0.292. The van der Waals surface area contributed by atoms with Crippen LogP contribution in [0.15, 0.2) is 48.7 Å². The Morgan fingerprint density at radius 3 is 2.81 bits per heavy atom. The summed E-state index contributed by atoms with van der Waals surface area (Å²) in [5.41, 5.74) is 4.78. The number of amides is 1. The highest BCUT2D eigenvalue weighted by Gasteiger charge is 2.29. The van der Waals surface area contributed by atoms with Crippen LogP contribution in [0.25, 0.3) is 11.3 Å². The van der Waals surface area contributed by atoms with Gasteiger partial charge in [-0.25, -0.2) is 4.98 Å². The molecule has 0 spiro atoms. The van der Waals surface area contributed by atoms with E-state index in [0.717, 1.165) is 34.0 Å². The molecule has 3 aromatic rings. The van der Waals surface area contributed by atoms with E-state index in [1.807, 2.05) is 44.2 Å². The highest BCUT2D eigenvalue weighted by Crippen LogP contribution is 2.33. The third-order valence-corrected chi connectivity index (χ3v) is 5.46. The van der Waals surface area contributed by atoms with Crippen molar-refractivity contribution >= 4 is 5.91 Å². The van der Waals surface area contributed by atoms with Crippen molar-refractivity contribution in [2.75, 3.05) is 13.2 Å². The zero-order valence-corrected chi connectivity index (χ0v) is 17.4. The molecular weight excluding hydrogens is 394 g/mol. The van der Waals surface area contributed by atoms with Crippen LogP contribution < -0.4 is 19.5 Å². The molecule has 0 saturated carbocycles. The van der Waals surface area contributed by atoms with Gasteiger partial charge in [-0.05, 0) is 49.7 Å². The zero-order chi connectivity index (χ0) is 21.4. The molecular formula is C24H23N3O4. The van der Waals surface area contributed by atoms with Gasteiger partial charge in [0.2, 0.25) is 6.10 Å². The normalized spacial score (nSPS) is 18.8. The fourth-order valence-electron chi connectivity index (χ4n) is 3.87. The summed E-state index contributed by atoms with van der Waals surface area (Å²) in [5.74, 6) is 1.87. The van der Waals surface area contributed by atoms with Crippen molar-refractivity contribution < 1.29 is 19.0 Å². The van der Waals surface area contributed by atoms with Crippen LogP contribution in [0.4, 0.5) is 0 Å². The number of nitrogens with one attached hydrogen (secondary N) is 1. The first-order valence-electron chi connectivity index (χ1n) is 10.3. The quantitative estimate of drug-likeness (QED) is 0.703. The summed E-state index contributed by atoms with van der Waals surface area (Å²) in [6.07, 6.45) is 1.68. The van der Waals surface area contributed by atoms with Gasteiger partial charge in [0.15, 0.2) is 11.5 Å². The third-order valence-electron chi connectivity index (χ3n) is 5.46. The summed E-state index contributed by atoms with van der Waals surface area (Å²) in [7, 11) is 0. The van der Waals surface area contributed by atoms with Crippen molar-refractivity contribution in [2.24, 2.45) is 0 Å². The molecule has 0 aliphatic carbocycles. The lowest BCUT2D eigenvalue weighted by atomic mass is 10.0. The Kier molecular flexibility index (Phi) is 4.94. The Balaban J connectivity index is 1.21. The molecule has 0 fully saturated rings. The van der Waals surface area contributed by atoms with Gasteiger partial charge in [-0.1, -0.05) is 12.1 Å². The zero-order valence-electron chi connectivity index (χ0n) is 17.4.